The normalized spacial score (nSPS) is 15.4. The van der Waals surface area contributed by atoms with Crippen LogP contribution in [0.2, 0.25) is 0 Å². The van der Waals surface area contributed by atoms with Crippen LogP contribution in [0.3, 0.4) is 0 Å². The SMILES string of the molecule is Nc1c(N=Nc2ccc(-c3ccc(NN=C4C=CC(=O)C=C4[O-])cc3)cc2)c(S(=O)(=O)[O-])cc2c1C(=O)C(=NNc1ccc(S(=O)(=O)[O-])cc1)C(S(=O)(=O)O)=C2.[Na+].[Na+].[Na+]. The summed E-state index contributed by atoms with van der Waals surface area (Å²) in [6.45, 7) is 0. The predicted octanol–water partition coefficient (Wildman–Crippen LogP) is -5.78. The molecule has 0 spiro atoms. The number of Topliss-reactive ketones (excluding diaryl/α,β-unsaturated/α-hetero) is 1. The number of carbonyl (C=O) groups excluding carboxylic acids is 2. The van der Waals surface area contributed by atoms with Crippen LogP contribution in [0.1, 0.15) is 15.9 Å². The number of carbonyl (C=O) groups is 2. The number of hydrazone groups is 2. The molecule has 59 heavy (non-hydrogen) atoms. The van der Waals surface area contributed by atoms with Crippen molar-refractivity contribution in [2.75, 3.05) is 16.6 Å². The molecule has 0 saturated heterocycles. The molecule has 19 nitrogen and oxygen atoms in total. The van der Waals surface area contributed by atoms with Gasteiger partial charge < -0.3 is 19.9 Å². The average molecular weight is 886 g/mol. The van der Waals surface area contributed by atoms with Crippen molar-refractivity contribution < 1.29 is 142 Å². The van der Waals surface area contributed by atoms with Gasteiger partial charge in [0, 0.05) is 0 Å². The largest absolute Gasteiger partial charge is 1.00 e. The van der Waals surface area contributed by atoms with Crippen molar-refractivity contribution in [3.8, 4) is 11.1 Å². The fourth-order valence-electron chi connectivity index (χ4n) is 5.19. The third-order valence-corrected chi connectivity index (χ3v) is 10.4. The Balaban J connectivity index is 0.00000310. The van der Waals surface area contributed by atoms with Crippen LogP contribution in [0.5, 0.6) is 0 Å². The first-order chi connectivity index (χ1) is 26.3. The van der Waals surface area contributed by atoms with Gasteiger partial charge >= 0.3 is 88.7 Å². The Bertz CT molecular complexity index is 2870. The third-order valence-electron chi connectivity index (χ3n) is 7.87. The van der Waals surface area contributed by atoms with Gasteiger partial charge in [-0.05, 0) is 95.6 Å². The number of benzene rings is 4. The van der Waals surface area contributed by atoms with Gasteiger partial charge in [-0.3, -0.25) is 25.0 Å². The van der Waals surface area contributed by atoms with Gasteiger partial charge in [0.2, 0.25) is 5.78 Å². The molecule has 0 unspecified atom stereocenters. The maximum atomic E-state index is 13.7. The number of nitrogens with one attached hydrogen (secondary N) is 2. The quantitative estimate of drug-likeness (QED) is 0.0288. The molecule has 2 aliphatic carbocycles. The van der Waals surface area contributed by atoms with Gasteiger partial charge in [-0.25, -0.2) is 16.8 Å². The topological polar surface area (TPSA) is 325 Å². The van der Waals surface area contributed by atoms with Crippen LogP contribution in [0, 0.1) is 0 Å². The van der Waals surface area contributed by atoms with Crippen molar-refractivity contribution in [2.24, 2.45) is 20.4 Å². The number of nitrogen functional groups attached to an aromatic ring is 1. The molecule has 0 fully saturated rings. The first-order valence-electron chi connectivity index (χ1n) is 15.4. The first-order valence-corrected chi connectivity index (χ1v) is 19.7. The Labute approximate surface area is 402 Å². The molecule has 0 aromatic heterocycles. The third kappa shape index (κ3) is 11.8. The number of fused-ring (bicyclic) bond motifs is 1. The first kappa shape index (κ1) is 49.7. The van der Waals surface area contributed by atoms with Crippen LogP contribution in [0.4, 0.5) is 28.4 Å². The van der Waals surface area contributed by atoms with Gasteiger partial charge in [-0.1, -0.05) is 30.0 Å². The molecule has 25 heteroatoms. The Hall–Kier alpha value is -3.69. The smallest absolute Gasteiger partial charge is 0.871 e. The van der Waals surface area contributed by atoms with Crippen LogP contribution in [-0.2, 0) is 35.1 Å². The van der Waals surface area contributed by atoms with E-state index >= 15 is 0 Å². The minimum Gasteiger partial charge on any atom is -0.871 e. The minimum absolute atomic E-state index is 0. The van der Waals surface area contributed by atoms with Crippen LogP contribution in [0.25, 0.3) is 17.2 Å². The van der Waals surface area contributed by atoms with Gasteiger partial charge in [0.25, 0.3) is 10.1 Å². The molecule has 5 N–H and O–H groups in total. The minimum atomic E-state index is -5.39. The maximum Gasteiger partial charge on any atom is 1.00 e. The van der Waals surface area contributed by atoms with E-state index in [1.165, 1.54) is 24.3 Å². The molecule has 0 radical (unpaired) electrons. The summed E-state index contributed by atoms with van der Waals surface area (Å²) in [6.07, 6.45) is 4.11. The van der Waals surface area contributed by atoms with E-state index in [4.69, 9.17) is 5.73 Å². The fraction of sp³-hybridized carbons (Fsp3) is 0. The van der Waals surface area contributed by atoms with E-state index in [1.807, 2.05) is 0 Å². The van der Waals surface area contributed by atoms with Gasteiger partial charge in [-0.2, -0.15) is 23.7 Å². The second kappa shape index (κ2) is 19.8. The molecule has 286 valence electrons. The summed E-state index contributed by atoms with van der Waals surface area (Å²) < 4.78 is 105. The second-order valence-electron chi connectivity index (χ2n) is 11.6. The molecule has 2 aliphatic rings. The molecule has 4 aromatic carbocycles. The number of ketones is 2. The number of anilines is 3. The van der Waals surface area contributed by atoms with Crippen LogP contribution < -0.4 is 110 Å². The zero-order valence-corrected chi connectivity index (χ0v) is 39.3. The van der Waals surface area contributed by atoms with Gasteiger partial charge in [0.05, 0.1) is 43.8 Å². The van der Waals surface area contributed by atoms with E-state index in [0.717, 1.165) is 35.9 Å². The number of rotatable bonds is 10. The number of hydrogen-bond acceptors (Lipinski definition) is 18. The summed E-state index contributed by atoms with van der Waals surface area (Å²) >= 11 is 0. The van der Waals surface area contributed by atoms with Gasteiger partial charge in [-0.15, -0.1) is 5.11 Å². The molecule has 0 aliphatic heterocycles. The van der Waals surface area contributed by atoms with Crippen LogP contribution in [-0.4, -0.2) is 61.9 Å². The zero-order chi connectivity index (χ0) is 40.6. The van der Waals surface area contributed by atoms with E-state index in [2.05, 4.69) is 31.3 Å². The Morgan fingerprint density at radius 3 is 1.75 bits per heavy atom. The van der Waals surface area contributed by atoms with E-state index < -0.39 is 90.6 Å². The van der Waals surface area contributed by atoms with E-state index in [1.54, 1.807) is 36.4 Å². The average Bonchev–Trinajstić information content (AvgIpc) is 3.13. The van der Waals surface area contributed by atoms with Crippen molar-refractivity contribution in [1.29, 1.82) is 0 Å². The van der Waals surface area contributed by atoms with Crippen molar-refractivity contribution in [2.45, 2.75) is 9.79 Å². The summed E-state index contributed by atoms with van der Waals surface area (Å²) in [5.74, 6) is -2.21. The number of hydrogen-bond donors (Lipinski definition) is 4. The molecule has 0 heterocycles. The summed E-state index contributed by atoms with van der Waals surface area (Å²) in [5.41, 5.74) is 10.0. The van der Waals surface area contributed by atoms with Crippen LogP contribution >= 0.6 is 0 Å². The predicted molar refractivity (Wildman–Crippen MR) is 197 cm³/mol. The molecule has 4 aromatic rings. The molecule has 0 atom stereocenters. The number of azo groups is 1. The number of nitrogens with zero attached hydrogens (tertiary/aromatic N) is 4. The molecule has 0 saturated carbocycles. The van der Waals surface area contributed by atoms with Gasteiger partial charge in [0.15, 0.2) is 11.5 Å². The van der Waals surface area contributed by atoms with E-state index in [0.29, 0.717) is 23.4 Å². The van der Waals surface area contributed by atoms with Crippen molar-refractivity contribution >= 4 is 87.9 Å². The van der Waals surface area contributed by atoms with E-state index in [-0.39, 0.29) is 106 Å². The molecule has 6 rings (SSSR count). The fourth-order valence-corrected chi connectivity index (χ4v) is 6.97. The Kier molecular flexibility index (Phi) is 16.7. The second-order valence-corrected chi connectivity index (χ2v) is 15.7. The standard InChI is InChI=1S/C34H25N7O12S3.3Na/c35-31-30-20(16-29(56(51,52)53)33(34(30)44)41-38-23-9-12-25(13-10-23)54(45,46)47)15-28(55(48,49)50)32(31)40-37-22-7-3-19(4-8-22)18-1-5-21(6-2-18)36-39-26-14-11-24(42)17-27(26)43;;;/h1-17,36,38,43H,35H2,(H,45,46,47)(H,48,49,50)(H,51,52,53);;;/q;3*+1/p-3. The molecular formula is C34H22N7Na3O12S3. The van der Waals surface area contributed by atoms with Crippen molar-refractivity contribution in [1.82, 2.24) is 0 Å². The van der Waals surface area contributed by atoms with E-state index in [9.17, 15) is 53.6 Å². The maximum absolute atomic E-state index is 13.7. The summed E-state index contributed by atoms with van der Waals surface area (Å²) in [7, 11) is -15.4. The van der Waals surface area contributed by atoms with Crippen LogP contribution in [0.15, 0.2) is 138 Å². The summed E-state index contributed by atoms with van der Waals surface area (Å²) in [4.78, 5) is 22.2. The monoisotopic (exact) mass is 885 g/mol. The summed E-state index contributed by atoms with van der Waals surface area (Å²) in [5, 5.41) is 27.5. The van der Waals surface area contributed by atoms with Gasteiger partial charge in [0.1, 0.15) is 30.8 Å². The number of allylic oxidation sites excluding steroid dienone is 4. The Morgan fingerprint density at radius 1 is 0.678 bits per heavy atom. The molecular weight excluding hydrogens is 864 g/mol. The molecule has 0 bridgehead atoms. The summed E-state index contributed by atoms with van der Waals surface area (Å²) in [6, 6.07) is 17.8. The number of nitrogens with two attached hydrogens (primary N) is 1. The van der Waals surface area contributed by atoms with Crippen molar-refractivity contribution in [3.05, 3.63) is 119 Å². The Morgan fingerprint density at radius 2 is 1.22 bits per heavy atom. The zero-order valence-electron chi connectivity index (χ0n) is 30.8. The molecule has 0 amide bonds. The van der Waals surface area contributed by atoms with Crippen molar-refractivity contribution in [3.63, 3.8) is 0 Å².